The maximum Gasteiger partial charge on any atom is 0.160 e. The Morgan fingerprint density at radius 1 is 1.39 bits per heavy atom. The minimum absolute atomic E-state index is 0.188. The van der Waals surface area contributed by atoms with Crippen LogP contribution in [0.1, 0.15) is 44.7 Å². The number of phenols is 1. The summed E-state index contributed by atoms with van der Waals surface area (Å²) in [7, 11) is 1.58. The molecule has 1 fully saturated rings. The number of aliphatic hydroxyl groups excluding tert-OH is 1. The number of rotatable bonds is 3. The summed E-state index contributed by atoms with van der Waals surface area (Å²) in [5.41, 5.74) is 2.17. The molecule has 1 saturated heterocycles. The van der Waals surface area contributed by atoms with Crippen molar-refractivity contribution in [2.75, 3.05) is 20.2 Å². The number of hydrogen-bond donors (Lipinski definition) is 2. The Bertz CT molecular complexity index is 586. The Labute approximate surface area is 139 Å². The number of piperidine rings is 1. The molecule has 0 amide bonds. The van der Waals surface area contributed by atoms with Crippen molar-refractivity contribution in [1.82, 2.24) is 4.90 Å². The van der Waals surface area contributed by atoms with Crippen molar-refractivity contribution in [2.45, 2.75) is 51.7 Å². The van der Waals surface area contributed by atoms with Crippen LogP contribution in [-0.4, -0.2) is 41.4 Å². The van der Waals surface area contributed by atoms with Crippen LogP contribution in [0, 0.1) is 11.8 Å². The van der Waals surface area contributed by atoms with Crippen molar-refractivity contribution >= 4 is 0 Å². The van der Waals surface area contributed by atoms with E-state index >= 15 is 0 Å². The molecule has 0 unspecified atom stereocenters. The summed E-state index contributed by atoms with van der Waals surface area (Å²) in [5, 5.41) is 20.9. The number of aromatic hydroxyl groups is 1. The number of nitrogens with zero attached hydrogens (tertiary/aromatic N) is 1. The first kappa shape index (κ1) is 16.6. The maximum absolute atomic E-state index is 10.7. The molecule has 0 spiro atoms. The van der Waals surface area contributed by atoms with Gasteiger partial charge in [0.25, 0.3) is 0 Å². The molecule has 2 aliphatic rings. The number of ether oxygens (including phenoxy) is 1. The first-order valence-electron chi connectivity index (χ1n) is 8.68. The number of fused-ring (bicyclic) bond motifs is 3. The van der Waals surface area contributed by atoms with E-state index in [1.54, 1.807) is 7.11 Å². The highest BCUT2D eigenvalue weighted by molar-refractivity contribution is 5.50. The second-order valence-corrected chi connectivity index (χ2v) is 7.81. The Morgan fingerprint density at radius 3 is 2.78 bits per heavy atom. The van der Waals surface area contributed by atoms with Crippen LogP contribution >= 0.6 is 0 Å². The molecule has 0 aromatic heterocycles. The lowest BCUT2D eigenvalue weighted by Gasteiger charge is -2.53. The molecule has 2 N–H and O–H groups in total. The fourth-order valence-corrected chi connectivity index (χ4v) is 4.50. The largest absolute Gasteiger partial charge is 0.504 e. The lowest BCUT2D eigenvalue weighted by molar-refractivity contribution is -0.0647. The Balaban J connectivity index is 1.94. The van der Waals surface area contributed by atoms with Crippen molar-refractivity contribution < 1.29 is 14.9 Å². The van der Waals surface area contributed by atoms with Crippen LogP contribution < -0.4 is 4.74 Å². The molecule has 1 aromatic rings. The van der Waals surface area contributed by atoms with Gasteiger partial charge in [-0.2, -0.15) is 0 Å². The molecular weight excluding hydrogens is 290 g/mol. The summed E-state index contributed by atoms with van der Waals surface area (Å²) in [6.45, 7) is 8.57. The summed E-state index contributed by atoms with van der Waals surface area (Å²) < 4.78 is 5.25. The van der Waals surface area contributed by atoms with Crippen molar-refractivity contribution in [1.29, 1.82) is 0 Å². The van der Waals surface area contributed by atoms with Crippen molar-refractivity contribution in [2.24, 2.45) is 11.8 Å². The second-order valence-electron chi connectivity index (χ2n) is 7.81. The van der Waals surface area contributed by atoms with Crippen LogP contribution in [0.5, 0.6) is 11.5 Å². The van der Waals surface area contributed by atoms with E-state index in [4.69, 9.17) is 4.74 Å². The lowest BCUT2D eigenvalue weighted by atomic mass is 9.71. The molecule has 4 heteroatoms. The molecule has 4 nitrogen and oxygen atoms in total. The van der Waals surface area contributed by atoms with E-state index in [0.717, 1.165) is 37.9 Å². The number of phenolic OH excluding ortho intramolecular Hbond substituents is 1. The van der Waals surface area contributed by atoms with E-state index in [9.17, 15) is 10.2 Å². The van der Waals surface area contributed by atoms with Crippen molar-refractivity contribution in [3.8, 4) is 11.5 Å². The maximum atomic E-state index is 10.7. The van der Waals surface area contributed by atoms with Gasteiger partial charge in [-0.1, -0.05) is 13.8 Å². The zero-order valence-electron chi connectivity index (χ0n) is 14.7. The number of methoxy groups -OCH3 is 1. The minimum atomic E-state index is -0.283. The Morgan fingerprint density at radius 2 is 2.13 bits per heavy atom. The minimum Gasteiger partial charge on any atom is -0.504 e. The first-order valence-corrected chi connectivity index (χ1v) is 8.68. The fourth-order valence-electron chi connectivity index (χ4n) is 4.50. The van der Waals surface area contributed by atoms with Crippen molar-refractivity contribution in [3.05, 3.63) is 23.3 Å². The van der Waals surface area contributed by atoms with E-state index in [0.29, 0.717) is 17.6 Å². The third-order valence-electron chi connectivity index (χ3n) is 5.71. The molecule has 0 saturated carbocycles. The van der Waals surface area contributed by atoms with Crippen LogP contribution in [0.15, 0.2) is 12.1 Å². The Hall–Kier alpha value is -1.26. The van der Waals surface area contributed by atoms with Gasteiger partial charge in [0, 0.05) is 18.6 Å². The zero-order valence-corrected chi connectivity index (χ0v) is 14.7. The molecule has 3 rings (SSSR count). The first-order chi connectivity index (χ1) is 10.8. The predicted molar refractivity (Wildman–Crippen MR) is 90.9 cm³/mol. The molecule has 0 radical (unpaired) electrons. The molecule has 0 aliphatic carbocycles. The summed E-state index contributed by atoms with van der Waals surface area (Å²) in [6.07, 6.45) is 2.47. The Kier molecular flexibility index (Phi) is 4.32. The predicted octanol–water partition coefficient (Wildman–Crippen LogP) is 2.90. The average molecular weight is 319 g/mol. The normalized spacial score (nSPS) is 30.9. The van der Waals surface area contributed by atoms with Gasteiger partial charge in [-0.15, -0.1) is 0 Å². The van der Waals surface area contributed by atoms with E-state index in [1.165, 1.54) is 5.56 Å². The van der Waals surface area contributed by atoms with Crippen LogP contribution in [0.3, 0.4) is 0 Å². The van der Waals surface area contributed by atoms with Gasteiger partial charge in [0.2, 0.25) is 0 Å². The average Bonchev–Trinajstić information content (AvgIpc) is 2.48. The van der Waals surface area contributed by atoms with Gasteiger partial charge in [-0.3, -0.25) is 4.90 Å². The molecule has 128 valence electrons. The number of aliphatic hydroxyl groups is 1. The zero-order chi connectivity index (χ0) is 16.8. The van der Waals surface area contributed by atoms with Crippen LogP contribution in [0.4, 0.5) is 0 Å². The van der Waals surface area contributed by atoms with Gasteiger partial charge in [0.1, 0.15) is 0 Å². The van der Waals surface area contributed by atoms with Gasteiger partial charge >= 0.3 is 0 Å². The van der Waals surface area contributed by atoms with E-state index in [1.807, 2.05) is 12.1 Å². The molecule has 2 heterocycles. The highest BCUT2D eigenvalue weighted by Crippen LogP contribution is 2.47. The molecule has 3 atom stereocenters. The lowest BCUT2D eigenvalue weighted by Crippen LogP contribution is -2.58. The van der Waals surface area contributed by atoms with Crippen LogP contribution in [0.2, 0.25) is 0 Å². The summed E-state index contributed by atoms with van der Waals surface area (Å²) in [6, 6.07) is 3.80. The van der Waals surface area contributed by atoms with Crippen LogP contribution in [-0.2, 0) is 12.0 Å². The molecule has 0 bridgehead atoms. The molecule has 1 aromatic carbocycles. The van der Waals surface area contributed by atoms with Gasteiger partial charge in [0.15, 0.2) is 11.5 Å². The monoisotopic (exact) mass is 319 g/mol. The van der Waals surface area contributed by atoms with Gasteiger partial charge < -0.3 is 14.9 Å². The van der Waals surface area contributed by atoms with E-state index in [-0.39, 0.29) is 17.4 Å². The number of benzene rings is 1. The topological polar surface area (TPSA) is 52.9 Å². The smallest absolute Gasteiger partial charge is 0.160 e. The fraction of sp³-hybridized carbons (Fsp3) is 0.684. The van der Waals surface area contributed by atoms with E-state index < -0.39 is 0 Å². The third-order valence-corrected chi connectivity index (χ3v) is 5.71. The molecular formula is C19H29NO3. The summed E-state index contributed by atoms with van der Waals surface area (Å²) in [4.78, 5) is 2.50. The SMILES string of the molecule is COc1cc2c(cc1O)[C@@]1(C)C[C@H](O)[C@H](CC(C)C)CN1CC2. The quantitative estimate of drug-likeness (QED) is 0.899. The van der Waals surface area contributed by atoms with Crippen molar-refractivity contribution in [3.63, 3.8) is 0 Å². The van der Waals surface area contributed by atoms with Gasteiger partial charge in [0.05, 0.1) is 13.2 Å². The summed E-state index contributed by atoms with van der Waals surface area (Å²) in [5.74, 6) is 1.67. The van der Waals surface area contributed by atoms with Crippen LogP contribution in [0.25, 0.3) is 0 Å². The van der Waals surface area contributed by atoms with Gasteiger partial charge in [-0.25, -0.2) is 0 Å². The second kappa shape index (κ2) is 5.99. The standard InChI is InChI=1S/C19H29NO3/c1-12(2)7-14-11-20-6-5-13-8-18(23-4)16(21)9-15(13)19(20,3)10-17(14)22/h8-9,12,14,17,21-22H,5-7,10-11H2,1-4H3/t14-,17+,19-/m1/s1. The highest BCUT2D eigenvalue weighted by atomic mass is 16.5. The van der Waals surface area contributed by atoms with Gasteiger partial charge in [-0.05, 0) is 61.3 Å². The highest BCUT2D eigenvalue weighted by Gasteiger charge is 2.46. The third kappa shape index (κ3) is 2.83. The number of hydrogen-bond acceptors (Lipinski definition) is 4. The molecule has 23 heavy (non-hydrogen) atoms. The van der Waals surface area contributed by atoms with E-state index in [2.05, 4.69) is 25.7 Å². The molecule has 2 aliphatic heterocycles. The summed E-state index contributed by atoms with van der Waals surface area (Å²) >= 11 is 0.